The molecule has 34 heavy (non-hydrogen) atoms. The van der Waals surface area contributed by atoms with Gasteiger partial charge >= 0.3 is 5.97 Å². The first kappa shape index (κ1) is 24.2. The van der Waals surface area contributed by atoms with Crippen molar-refractivity contribution in [2.24, 2.45) is 11.0 Å². The largest absolute Gasteiger partial charge is 0.497 e. The zero-order valence-corrected chi connectivity index (χ0v) is 20.3. The first-order chi connectivity index (χ1) is 16.5. The number of methoxy groups -OCH3 is 1. The van der Waals surface area contributed by atoms with Gasteiger partial charge in [-0.25, -0.2) is 5.01 Å². The van der Waals surface area contributed by atoms with Crippen LogP contribution in [0.25, 0.3) is 0 Å². The molecule has 0 aliphatic carbocycles. The molecule has 0 spiro atoms. The highest BCUT2D eigenvalue weighted by molar-refractivity contribution is 6.34. The molecule has 0 aromatic heterocycles. The Kier molecular flexibility index (Phi) is 7.85. The second-order valence-electron chi connectivity index (χ2n) is 8.58. The highest BCUT2D eigenvalue weighted by Crippen LogP contribution is 2.35. The van der Waals surface area contributed by atoms with Crippen molar-refractivity contribution >= 4 is 29.2 Å². The third kappa shape index (κ3) is 5.42. The van der Waals surface area contributed by atoms with Gasteiger partial charge in [-0.05, 0) is 50.1 Å². The second kappa shape index (κ2) is 11.0. The standard InChI is InChI=1S/C26H30ClN3O4/c1-3-34-26(32)19-7-6-14-29(16-19)17-25(31)30-24(18-10-12-20(33-2)13-11-18)15-23(28-30)21-8-4-5-9-22(21)27/h4-5,8-13,19,24H,3,6-7,14-17H2,1-2H3/t19-,24-/m1/s1. The summed E-state index contributed by atoms with van der Waals surface area (Å²) in [7, 11) is 1.63. The molecule has 8 heteroatoms. The topological polar surface area (TPSA) is 71.4 Å². The Hall–Kier alpha value is -2.90. The molecular formula is C26H30ClN3O4. The van der Waals surface area contributed by atoms with E-state index in [9.17, 15) is 9.59 Å². The van der Waals surface area contributed by atoms with Gasteiger partial charge in [0.25, 0.3) is 5.91 Å². The van der Waals surface area contributed by atoms with E-state index in [0.29, 0.717) is 24.6 Å². The quantitative estimate of drug-likeness (QED) is 0.549. The Morgan fingerprint density at radius 2 is 1.91 bits per heavy atom. The summed E-state index contributed by atoms with van der Waals surface area (Å²) in [6, 6.07) is 15.0. The summed E-state index contributed by atoms with van der Waals surface area (Å²) in [5, 5.41) is 6.92. The van der Waals surface area contributed by atoms with Crippen molar-refractivity contribution in [3.63, 3.8) is 0 Å². The number of esters is 1. The molecule has 4 rings (SSSR count). The van der Waals surface area contributed by atoms with Crippen molar-refractivity contribution in [2.75, 3.05) is 33.4 Å². The maximum absolute atomic E-state index is 13.5. The highest BCUT2D eigenvalue weighted by Gasteiger charge is 2.35. The number of hydrazone groups is 1. The Bertz CT molecular complexity index is 1060. The number of likely N-dealkylation sites (tertiary alicyclic amines) is 1. The maximum Gasteiger partial charge on any atom is 0.310 e. The minimum Gasteiger partial charge on any atom is -0.497 e. The number of carbonyl (C=O) groups is 2. The van der Waals surface area contributed by atoms with Crippen LogP contribution >= 0.6 is 11.6 Å². The summed E-state index contributed by atoms with van der Waals surface area (Å²) >= 11 is 6.44. The van der Waals surface area contributed by atoms with E-state index >= 15 is 0 Å². The average molecular weight is 484 g/mol. The lowest BCUT2D eigenvalue weighted by atomic mass is 9.97. The molecule has 2 heterocycles. The molecule has 2 aromatic carbocycles. The number of hydrogen-bond acceptors (Lipinski definition) is 6. The minimum absolute atomic E-state index is 0.104. The van der Waals surface area contributed by atoms with Crippen molar-refractivity contribution in [1.29, 1.82) is 0 Å². The highest BCUT2D eigenvalue weighted by atomic mass is 35.5. The number of benzene rings is 2. The summed E-state index contributed by atoms with van der Waals surface area (Å²) in [5.41, 5.74) is 2.59. The Balaban J connectivity index is 1.55. The number of piperidine rings is 1. The van der Waals surface area contributed by atoms with Crippen LogP contribution in [0.5, 0.6) is 5.75 Å². The fourth-order valence-electron chi connectivity index (χ4n) is 4.60. The predicted octanol–water partition coefficient (Wildman–Crippen LogP) is 4.30. The fraction of sp³-hybridized carbons (Fsp3) is 0.423. The number of hydrogen-bond donors (Lipinski definition) is 0. The molecule has 2 aliphatic rings. The first-order valence-electron chi connectivity index (χ1n) is 11.7. The second-order valence-corrected chi connectivity index (χ2v) is 8.99. The molecule has 1 amide bonds. The van der Waals surface area contributed by atoms with Crippen molar-refractivity contribution < 1.29 is 19.1 Å². The summed E-state index contributed by atoms with van der Waals surface area (Å²) in [6.07, 6.45) is 2.20. The summed E-state index contributed by atoms with van der Waals surface area (Å²) in [4.78, 5) is 27.7. The molecule has 0 saturated carbocycles. The number of halogens is 1. The summed E-state index contributed by atoms with van der Waals surface area (Å²) in [6.45, 7) is 3.66. The van der Waals surface area contributed by atoms with Crippen LogP contribution in [0.2, 0.25) is 5.02 Å². The van der Waals surface area contributed by atoms with Crippen molar-refractivity contribution in [3.05, 3.63) is 64.7 Å². The van der Waals surface area contributed by atoms with E-state index in [0.717, 1.165) is 42.0 Å². The van der Waals surface area contributed by atoms with E-state index in [1.54, 1.807) is 12.1 Å². The molecule has 7 nitrogen and oxygen atoms in total. The predicted molar refractivity (Wildman–Crippen MR) is 131 cm³/mol. The molecule has 0 radical (unpaired) electrons. The number of carbonyl (C=O) groups excluding carboxylic acids is 2. The van der Waals surface area contributed by atoms with Crippen molar-refractivity contribution in [3.8, 4) is 5.75 Å². The number of nitrogens with zero attached hydrogens (tertiary/aromatic N) is 3. The smallest absolute Gasteiger partial charge is 0.310 e. The molecule has 0 bridgehead atoms. The van der Waals surface area contributed by atoms with E-state index in [4.69, 9.17) is 26.2 Å². The number of rotatable bonds is 7. The number of ether oxygens (including phenoxy) is 2. The molecule has 2 aromatic rings. The number of amides is 1. The Morgan fingerprint density at radius 3 is 2.62 bits per heavy atom. The van der Waals surface area contributed by atoms with E-state index < -0.39 is 0 Å². The van der Waals surface area contributed by atoms with Gasteiger partial charge in [0.05, 0.1) is 37.9 Å². The van der Waals surface area contributed by atoms with Crippen molar-refractivity contribution in [1.82, 2.24) is 9.91 Å². The van der Waals surface area contributed by atoms with Crippen LogP contribution in [0, 0.1) is 5.92 Å². The average Bonchev–Trinajstić information content (AvgIpc) is 3.30. The van der Waals surface area contributed by atoms with E-state index in [1.165, 1.54) is 0 Å². The maximum atomic E-state index is 13.5. The molecule has 2 aliphatic heterocycles. The summed E-state index contributed by atoms with van der Waals surface area (Å²) < 4.78 is 10.5. The van der Waals surface area contributed by atoms with Crippen LogP contribution in [0.1, 0.15) is 43.4 Å². The summed E-state index contributed by atoms with van der Waals surface area (Å²) in [5.74, 6) is 0.271. The lowest BCUT2D eigenvalue weighted by Crippen LogP contribution is -2.44. The molecule has 180 valence electrons. The normalized spacial score (nSPS) is 20.7. The zero-order valence-electron chi connectivity index (χ0n) is 19.6. The van der Waals surface area contributed by atoms with Crippen LogP contribution in [0.4, 0.5) is 0 Å². The SMILES string of the molecule is CCOC(=O)[C@@H]1CCCN(CC(=O)N2N=C(c3ccccc3Cl)C[C@@H]2c2ccc(OC)cc2)C1. The van der Waals surface area contributed by atoms with Crippen LogP contribution < -0.4 is 4.74 Å². The lowest BCUT2D eigenvalue weighted by Gasteiger charge is -2.32. The van der Waals surface area contributed by atoms with E-state index in [2.05, 4.69) is 0 Å². The molecule has 1 fully saturated rings. The third-order valence-electron chi connectivity index (χ3n) is 6.34. The van der Waals surface area contributed by atoms with Gasteiger partial charge < -0.3 is 9.47 Å². The third-order valence-corrected chi connectivity index (χ3v) is 6.67. The first-order valence-corrected chi connectivity index (χ1v) is 12.0. The fourth-order valence-corrected chi connectivity index (χ4v) is 4.84. The lowest BCUT2D eigenvalue weighted by molar-refractivity contribution is -0.150. The van der Waals surface area contributed by atoms with Gasteiger partial charge in [0.1, 0.15) is 5.75 Å². The van der Waals surface area contributed by atoms with Gasteiger partial charge in [0, 0.05) is 23.6 Å². The van der Waals surface area contributed by atoms with Crippen LogP contribution in [0.3, 0.4) is 0 Å². The molecule has 1 saturated heterocycles. The molecule has 0 unspecified atom stereocenters. The van der Waals surface area contributed by atoms with Gasteiger partial charge in [-0.3, -0.25) is 14.5 Å². The minimum atomic E-state index is -0.240. The molecule has 0 N–H and O–H groups in total. The van der Waals surface area contributed by atoms with Gasteiger partial charge in [0.2, 0.25) is 0 Å². The van der Waals surface area contributed by atoms with Gasteiger partial charge in [-0.2, -0.15) is 5.10 Å². The van der Waals surface area contributed by atoms with Gasteiger partial charge in [-0.15, -0.1) is 0 Å². The Labute approximate surface area is 205 Å². The Morgan fingerprint density at radius 1 is 1.15 bits per heavy atom. The molecular weight excluding hydrogens is 454 g/mol. The van der Waals surface area contributed by atoms with Gasteiger partial charge in [-0.1, -0.05) is 41.9 Å². The molecule has 2 atom stereocenters. The van der Waals surface area contributed by atoms with E-state index in [-0.39, 0.29) is 30.4 Å². The van der Waals surface area contributed by atoms with Crippen LogP contribution in [-0.4, -0.2) is 60.8 Å². The van der Waals surface area contributed by atoms with Crippen LogP contribution in [-0.2, 0) is 14.3 Å². The van der Waals surface area contributed by atoms with Crippen LogP contribution in [0.15, 0.2) is 53.6 Å². The van der Waals surface area contributed by atoms with Gasteiger partial charge in [0.15, 0.2) is 0 Å². The zero-order chi connectivity index (χ0) is 24.1. The monoisotopic (exact) mass is 483 g/mol. The van der Waals surface area contributed by atoms with Crippen molar-refractivity contribution in [2.45, 2.75) is 32.2 Å². The van der Waals surface area contributed by atoms with E-state index in [1.807, 2.05) is 60.4 Å².